The van der Waals surface area contributed by atoms with Crippen LogP contribution in [0, 0.1) is 6.92 Å². The zero-order valence-corrected chi connectivity index (χ0v) is 16.9. The number of aryl methyl sites for hydroxylation is 1. The number of ketones is 1. The van der Waals surface area contributed by atoms with Crippen molar-refractivity contribution >= 4 is 50.0 Å². The van der Waals surface area contributed by atoms with Crippen molar-refractivity contribution in [2.24, 2.45) is 0 Å². The van der Waals surface area contributed by atoms with E-state index < -0.39 is 0 Å². The Hall–Kier alpha value is -2.38. The van der Waals surface area contributed by atoms with Crippen LogP contribution in [0.3, 0.4) is 0 Å². The first-order chi connectivity index (χ1) is 13.0. The van der Waals surface area contributed by atoms with Gasteiger partial charge in [0.1, 0.15) is 4.70 Å². The first kappa shape index (κ1) is 18.0. The molecule has 0 aliphatic rings. The third-order valence-corrected chi connectivity index (χ3v) is 6.62. The maximum atomic E-state index is 13.2. The van der Waals surface area contributed by atoms with Crippen LogP contribution in [0.15, 0.2) is 45.7 Å². The maximum Gasteiger partial charge on any atom is 0.272 e. The van der Waals surface area contributed by atoms with Gasteiger partial charge in [-0.3, -0.25) is 14.2 Å². The standard InChI is InChI=1S/C20H19N3O2S2/c1-4-23-19(25)18-15(9-10-26-18)22-20(23)27-12(3)17(24)16-11(2)21-14-8-6-5-7-13(14)16/h5-10,12,21H,4H2,1-3H3. The third kappa shape index (κ3) is 3.00. The van der Waals surface area contributed by atoms with E-state index in [0.29, 0.717) is 27.5 Å². The Labute approximate surface area is 164 Å². The molecule has 4 rings (SSSR count). The molecule has 5 nitrogen and oxygen atoms in total. The van der Waals surface area contributed by atoms with Crippen LogP contribution in [0.1, 0.15) is 29.9 Å². The van der Waals surface area contributed by atoms with Crippen LogP contribution in [-0.2, 0) is 6.54 Å². The average Bonchev–Trinajstić information content (AvgIpc) is 3.24. The molecule has 7 heteroatoms. The highest BCUT2D eigenvalue weighted by Gasteiger charge is 2.24. The quantitative estimate of drug-likeness (QED) is 0.303. The molecule has 0 amide bonds. The summed E-state index contributed by atoms with van der Waals surface area (Å²) in [6.07, 6.45) is 0. The zero-order valence-electron chi connectivity index (χ0n) is 15.3. The van der Waals surface area contributed by atoms with Crippen LogP contribution >= 0.6 is 23.1 Å². The molecular weight excluding hydrogens is 378 g/mol. The molecule has 0 aliphatic heterocycles. The fourth-order valence-corrected chi connectivity index (χ4v) is 5.11. The molecule has 0 bridgehead atoms. The molecule has 0 saturated heterocycles. The fraction of sp³-hybridized carbons (Fsp3) is 0.250. The van der Waals surface area contributed by atoms with E-state index in [9.17, 15) is 9.59 Å². The van der Waals surface area contributed by atoms with Crippen molar-refractivity contribution in [3.05, 3.63) is 57.3 Å². The highest BCUT2D eigenvalue weighted by Crippen LogP contribution is 2.30. The Kier molecular flexibility index (Phi) is 4.65. The average molecular weight is 398 g/mol. The summed E-state index contributed by atoms with van der Waals surface area (Å²) in [5, 5.41) is 3.04. The van der Waals surface area contributed by atoms with Crippen molar-refractivity contribution in [2.75, 3.05) is 0 Å². The Bertz CT molecular complexity index is 1220. The number of thioether (sulfide) groups is 1. The molecule has 27 heavy (non-hydrogen) atoms. The first-order valence-corrected chi connectivity index (χ1v) is 10.5. The molecule has 3 aromatic heterocycles. The van der Waals surface area contributed by atoms with Gasteiger partial charge in [-0.05, 0) is 38.3 Å². The van der Waals surface area contributed by atoms with Gasteiger partial charge in [0, 0.05) is 28.7 Å². The van der Waals surface area contributed by atoms with E-state index in [4.69, 9.17) is 0 Å². The summed E-state index contributed by atoms with van der Waals surface area (Å²) in [4.78, 5) is 33.8. The largest absolute Gasteiger partial charge is 0.358 e. The molecule has 1 atom stereocenters. The number of hydrogen-bond acceptors (Lipinski definition) is 5. The minimum Gasteiger partial charge on any atom is -0.358 e. The summed E-state index contributed by atoms with van der Waals surface area (Å²) in [6.45, 7) is 6.23. The lowest BCUT2D eigenvalue weighted by Gasteiger charge is -2.14. The lowest BCUT2D eigenvalue weighted by Crippen LogP contribution is -2.23. The summed E-state index contributed by atoms with van der Waals surface area (Å²) < 4.78 is 2.31. The zero-order chi connectivity index (χ0) is 19.1. The Morgan fingerprint density at radius 2 is 2.11 bits per heavy atom. The number of carbonyl (C=O) groups excluding carboxylic acids is 1. The molecular formula is C20H19N3O2S2. The second kappa shape index (κ2) is 6.98. The Balaban J connectivity index is 1.72. The molecule has 0 saturated carbocycles. The van der Waals surface area contributed by atoms with E-state index in [0.717, 1.165) is 16.6 Å². The second-order valence-corrected chi connectivity index (χ2v) is 8.60. The molecule has 0 fully saturated rings. The van der Waals surface area contributed by atoms with Gasteiger partial charge in [0.05, 0.1) is 10.8 Å². The fourth-order valence-electron chi connectivity index (χ4n) is 3.30. The van der Waals surface area contributed by atoms with Crippen LogP contribution in [-0.4, -0.2) is 25.6 Å². The molecule has 1 unspecified atom stereocenters. The van der Waals surface area contributed by atoms with Gasteiger partial charge in [0.15, 0.2) is 10.9 Å². The number of para-hydroxylation sites is 1. The molecule has 1 N–H and O–H groups in total. The third-order valence-electron chi connectivity index (χ3n) is 4.64. The smallest absolute Gasteiger partial charge is 0.272 e. The topological polar surface area (TPSA) is 67.8 Å². The number of rotatable bonds is 5. The molecule has 3 heterocycles. The van der Waals surface area contributed by atoms with E-state index in [1.54, 1.807) is 4.57 Å². The molecule has 0 radical (unpaired) electrons. The predicted octanol–water partition coefficient (Wildman–Crippen LogP) is 4.63. The lowest BCUT2D eigenvalue weighted by atomic mass is 10.1. The van der Waals surface area contributed by atoms with E-state index in [-0.39, 0.29) is 16.6 Å². The molecule has 1 aromatic carbocycles. The van der Waals surface area contributed by atoms with Crippen molar-refractivity contribution < 1.29 is 4.79 Å². The summed E-state index contributed by atoms with van der Waals surface area (Å²) in [5.41, 5.74) is 3.19. The number of hydrogen-bond donors (Lipinski definition) is 1. The maximum absolute atomic E-state index is 13.2. The van der Waals surface area contributed by atoms with E-state index in [2.05, 4.69) is 9.97 Å². The molecule has 0 spiro atoms. The van der Waals surface area contributed by atoms with Crippen LogP contribution < -0.4 is 5.56 Å². The van der Waals surface area contributed by atoms with Crippen molar-refractivity contribution in [3.8, 4) is 0 Å². The van der Waals surface area contributed by atoms with Crippen LogP contribution in [0.4, 0.5) is 0 Å². The highest BCUT2D eigenvalue weighted by atomic mass is 32.2. The van der Waals surface area contributed by atoms with Crippen molar-refractivity contribution in [1.82, 2.24) is 14.5 Å². The van der Waals surface area contributed by atoms with E-state index >= 15 is 0 Å². The minimum absolute atomic E-state index is 0.0390. The van der Waals surface area contributed by atoms with Crippen molar-refractivity contribution in [3.63, 3.8) is 0 Å². The van der Waals surface area contributed by atoms with Gasteiger partial charge >= 0.3 is 0 Å². The number of H-pyrrole nitrogens is 1. The molecule has 4 aromatic rings. The monoisotopic (exact) mass is 397 g/mol. The van der Waals surface area contributed by atoms with E-state index in [1.165, 1.54) is 23.1 Å². The summed E-state index contributed by atoms with van der Waals surface area (Å²) in [6, 6.07) is 9.66. The van der Waals surface area contributed by atoms with Gasteiger partial charge in [-0.15, -0.1) is 11.3 Å². The molecule has 138 valence electrons. The molecule has 0 aliphatic carbocycles. The van der Waals surface area contributed by atoms with Crippen molar-refractivity contribution in [1.29, 1.82) is 0 Å². The Morgan fingerprint density at radius 1 is 1.33 bits per heavy atom. The Morgan fingerprint density at radius 3 is 2.89 bits per heavy atom. The van der Waals surface area contributed by atoms with Crippen LogP contribution in [0.2, 0.25) is 0 Å². The first-order valence-electron chi connectivity index (χ1n) is 8.77. The van der Waals surface area contributed by atoms with Gasteiger partial charge < -0.3 is 4.98 Å². The highest BCUT2D eigenvalue weighted by molar-refractivity contribution is 8.00. The summed E-state index contributed by atoms with van der Waals surface area (Å²) >= 11 is 2.75. The summed E-state index contributed by atoms with van der Waals surface area (Å²) in [7, 11) is 0. The van der Waals surface area contributed by atoms with Gasteiger partial charge in [-0.2, -0.15) is 0 Å². The van der Waals surface area contributed by atoms with Crippen LogP contribution in [0.5, 0.6) is 0 Å². The number of fused-ring (bicyclic) bond motifs is 2. The summed E-state index contributed by atoms with van der Waals surface area (Å²) in [5.74, 6) is 0.0391. The number of aromatic amines is 1. The number of benzene rings is 1. The number of aromatic nitrogens is 3. The minimum atomic E-state index is -0.358. The van der Waals surface area contributed by atoms with Gasteiger partial charge in [-0.25, -0.2) is 4.98 Å². The number of carbonyl (C=O) groups is 1. The predicted molar refractivity (Wildman–Crippen MR) is 112 cm³/mol. The number of nitrogens with zero attached hydrogens (tertiary/aromatic N) is 2. The van der Waals surface area contributed by atoms with Gasteiger partial charge in [0.2, 0.25) is 0 Å². The van der Waals surface area contributed by atoms with Gasteiger partial charge in [0.25, 0.3) is 5.56 Å². The number of nitrogens with one attached hydrogen (secondary N) is 1. The van der Waals surface area contributed by atoms with Crippen LogP contribution in [0.25, 0.3) is 21.1 Å². The normalized spacial score (nSPS) is 12.7. The lowest BCUT2D eigenvalue weighted by molar-refractivity contribution is 0.0995. The number of Topliss-reactive ketones (excluding diaryl/α,β-unsaturated/α-hetero) is 1. The van der Waals surface area contributed by atoms with E-state index in [1.807, 2.05) is 56.5 Å². The van der Waals surface area contributed by atoms with Gasteiger partial charge in [-0.1, -0.05) is 30.0 Å². The second-order valence-electron chi connectivity index (χ2n) is 6.37. The SMILES string of the molecule is CCn1c(SC(C)C(=O)c2c(C)[nH]c3ccccc23)nc2ccsc2c1=O. The number of thiophene rings is 1. The van der Waals surface area contributed by atoms with Crippen molar-refractivity contribution in [2.45, 2.75) is 37.7 Å².